The van der Waals surface area contributed by atoms with E-state index in [4.69, 9.17) is 4.65 Å². The first-order valence-corrected chi connectivity index (χ1v) is 11.5. The van der Waals surface area contributed by atoms with E-state index < -0.39 is 0 Å². The average molecular weight is 410 g/mol. The van der Waals surface area contributed by atoms with Crippen molar-refractivity contribution in [1.29, 1.82) is 0 Å². The largest absolute Gasteiger partial charge is 0.425 e. The molecule has 0 spiro atoms. The van der Waals surface area contributed by atoms with Crippen LogP contribution in [0, 0.1) is 5.41 Å². The topological polar surface area (TPSA) is 9.23 Å². The van der Waals surface area contributed by atoms with E-state index in [0.29, 0.717) is 0 Å². The van der Waals surface area contributed by atoms with Crippen molar-refractivity contribution >= 4 is 12.4 Å². The lowest BCUT2D eigenvalue weighted by Crippen LogP contribution is -2.37. The molecule has 0 amide bonds. The van der Waals surface area contributed by atoms with Crippen molar-refractivity contribution in [1.82, 2.24) is 0 Å². The summed E-state index contributed by atoms with van der Waals surface area (Å²) in [6, 6.07) is 26.4. The first-order chi connectivity index (χ1) is 14.5. The van der Waals surface area contributed by atoms with E-state index in [9.17, 15) is 0 Å². The molecule has 0 atom stereocenters. The molecule has 0 bridgehead atoms. The van der Waals surface area contributed by atoms with Gasteiger partial charge in [-0.25, -0.2) is 0 Å². The summed E-state index contributed by atoms with van der Waals surface area (Å²) < 4.78 is 6.80. The van der Waals surface area contributed by atoms with E-state index in [0.717, 1.165) is 6.32 Å². The van der Waals surface area contributed by atoms with Gasteiger partial charge in [-0.3, -0.25) is 0 Å². The minimum absolute atomic E-state index is 0.0562. The van der Waals surface area contributed by atoms with Gasteiger partial charge in [0, 0.05) is 0 Å². The summed E-state index contributed by atoms with van der Waals surface area (Å²) in [5.41, 5.74) is 7.76. The van der Waals surface area contributed by atoms with Gasteiger partial charge in [0.05, 0.1) is 5.60 Å². The molecule has 3 aromatic rings. The van der Waals surface area contributed by atoms with Crippen LogP contribution in [0.4, 0.5) is 0 Å². The zero-order valence-corrected chi connectivity index (χ0v) is 20.1. The number of rotatable bonds is 3. The minimum atomic E-state index is -0.178. The molecule has 0 aromatic heterocycles. The molecule has 3 aromatic carbocycles. The Hall–Kier alpha value is -2.32. The van der Waals surface area contributed by atoms with Crippen LogP contribution in [0.5, 0.6) is 0 Å². The van der Waals surface area contributed by atoms with Gasteiger partial charge in [0.25, 0.3) is 0 Å². The maximum absolute atomic E-state index is 6.80. The molecule has 1 fully saturated rings. The molecule has 1 aliphatic rings. The Balaban J connectivity index is 2.03. The highest BCUT2D eigenvalue weighted by Gasteiger charge is 2.51. The Labute approximate surface area is 189 Å². The zero-order chi connectivity index (χ0) is 22.4. The zero-order valence-electron chi connectivity index (χ0n) is 20.1. The van der Waals surface area contributed by atoms with Gasteiger partial charge < -0.3 is 4.65 Å². The lowest BCUT2D eigenvalue weighted by atomic mass is 9.51. The van der Waals surface area contributed by atoms with E-state index in [1.54, 1.807) is 0 Å². The number of benzene rings is 3. The second kappa shape index (κ2) is 7.67. The van der Waals surface area contributed by atoms with Crippen LogP contribution in [-0.2, 0) is 10.1 Å². The molecule has 1 saturated heterocycles. The molecular formula is C29H35BO. The fourth-order valence-electron chi connectivity index (χ4n) is 4.57. The van der Waals surface area contributed by atoms with Gasteiger partial charge in [0.1, 0.15) is 0 Å². The third-order valence-corrected chi connectivity index (χ3v) is 7.30. The fraction of sp³-hybridized carbons (Fsp3) is 0.379. The lowest BCUT2D eigenvalue weighted by molar-refractivity contribution is 0.0375. The van der Waals surface area contributed by atoms with Crippen molar-refractivity contribution in [3.8, 4) is 22.3 Å². The van der Waals surface area contributed by atoms with Crippen LogP contribution in [-0.4, -0.2) is 12.5 Å². The summed E-state index contributed by atoms with van der Waals surface area (Å²) in [7, 11) is 0. The Morgan fingerprint density at radius 3 is 1.55 bits per heavy atom. The van der Waals surface area contributed by atoms with E-state index >= 15 is 0 Å². The first kappa shape index (κ1) is 21.9. The molecule has 0 unspecified atom stereocenters. The Kier molecular flexibility index (Phi) is 5.42. The van der Waals surface area contributed by atoms with Crippen LogP contribution < -0.4 is 5.46 Å². The molecule has 31 heavy (non-hydrogen) atoms. The standard InChI is InChI=1S/C29H35BO/c1-27(2,3)23-18-24(21-14-10-8-11-15-21)26(25(19-23)22-16-12-9-13-17-22)30-20-28(4,5)29(6,7)31-30/h8-19H,20H2,1-7H3. The normalized spacial score (nSPS) is 17.7. The molecular weight excluding hydrogens is 375 g/mol. The average Bonchev–Trinajstić information content (AvgIpc) is 2.94. The van der Waals surface area contributed by atoms with Crippen molar-refractivity contribution in [2.24, 2.45) is 5.41 Å². The lowest BCUT2D eigenvalue weighted by Gasteiger charge is -2.34. The minimum Gasteiger partial charge on any atom is -0.425 e. The van der Waals surface area contributed by atoms with E-state index in [1.165, 1.54) is 33.3 Å². The highest BCUT2D eigenvalue weighted by atomic mass is 16.5. The van der Waals surface area contributed by atoms with E-state index in [-0.39, 0.29) is 23.3 Å². The van der Waals surface area contributed by atoms with Gasteiger partial charge in [0.2, 0.25) is 0 Å². The van der Waals surface area contributed by atoms with E-state index in [1.807, 2.05) is 0 Å². The number of hydrogen-bond acceptors (Lipinski definition) is 1. The third kappa shape index (κ3) is 4.11. The van der Waals surface area contributed by atoms with Crippen LogP contribution in [0.1, 0.15) is 54.0 Å². The summed E-state index contributed by atoms with van der Waals surface area (Å²) in [5, 5.41) is 0. The quantitative estimate of drug-likeness (QED) is 0.410. The Bertz CT molecular complexity index is 982. The van der Waals surface area contributed by atoms with Gasteiger partial charge >= 0.3 is 6.92 Å². The molecule has 160 valence electrons. The van der Waals surface area contributed by atoms with Gasteiger partial charge in [-0.15, -0.1) is 0 Å². The molecule has 0 N–H and O–H groups in total. The molecule has 0 radical (unpaired) electrons. The van der Waals surface area contributed by atoms with E-state index in [2.05, 4.69) is 121 Å². The van der Waals surface area contributed by atoms with Crippen LogP contribution >= 0.6 is 0 Å². The Morgan fingerprint density at radius 2 is 1.19 bits per heavy atom. The summed E-state index contributed by atoms with van der Waals surface area (Å²) in [4.78, 5) is 0. The summed E-state index contributed by atoms with van der Waals surface area (Å²) in [6.07, 6.45) is 1.01. The highest BCUT2D eigenvalue weighted by Crippen LogP contribution is 2.46. The predicted octanol–water partition coefficient (Wildman–Crippen LogP) is 7.35. The van der Waals surface area contributed by atoms with Crippen LogP contribution in [0.2, 0.25) is 6.32 Å². The molecule has 0 saturated carbocycles. The predicted molar refractivity (Wildman–Crippen MR) is 135 cm³/mol. The van der Waals surface area contributed by atoms with Crippen molar-refractivity contribution < 1.29 is 4.65 Å². The van der Waals surface area contributed by atoms with Crippen LogP contribution in [0.3, 0.4) is 0 Å². The third-order valence-electron chi connectivity index (χ3n) is 7.30. The van der Waals surface area contributed by atoms with Gasteiger partial charge in [-0.2, -0.15) is 0 Å². The first-order valence-electron chi connectivity index (χ1n) is 11.5. The molecule has 4 rings (SSSR count). The Morgan fingerprint density at radius 1 is 0.742 bits per heavy atom. The summed E-state index contributed by atoms with van der Waals surface area (Å²) >= 11 is 0. The second-order valence-electron chi connectivity index (χ2n) is 11.2. The molecule has 2 heteroatoms. The van der Waals surface area contributed by atoms with Gasteiger partial charge in [-0.05, 0) is 64.3 Å². The SMILES string of the molecule is CC(C)(C)c1cc(-c2ccccc2)c(B2CC(C)(C)C(C)(C)O2)c(-c2ccccc2)c1. The highest BCUT2D eigenvalue weighted by molar-refractivity contribution is 6.71. The molecule has 1 aliphatic heterocycles. The smallest absolute Gasteiger partial charge is 0.329 e. The summed E-state index contributed by atoms with van der Waals surface area (Å²) in [5.74, 6) is 0. The molecule has 0 aliphatic carbocycles. The summed E-state index contributed by atoms with van der Waals surface area (Å²) in [6.45, 7) is 16.1. The maximum atomic E-state index is 6.80. The van der Waals surface area contributed by atoms with Crippen molar-refractivity contribution in [2.75, 3.05) is 0 Å². The van der Waals surface area contributed by atoms with Gasteiger partial charge in [-0.1, -0.05) is 107 Å². The van der Waals surface area contributed by atoms with Crippen LogP contribution in [0.25, 0.3) is 22.3 Å². The van der Waals surface area contributed by atoms with Gasteiger partial charge in [0.15, 0.2) is 0 Å². The number of hydrogen-bond donors (Lipinski definition) is 0. The van der Waals surface area contributed by atoms with Crippen LogP contribution in [0.15, 0.2) is 72.8 Å². The van der Waals surface area contributed by atoms with Crippen molar-refractivity contribution in [2.45, 2.75) is 65.8 Å². The van der Waals surface area contributed by atoms with Crippen molar-refractivity contribution in [3.05, 3.63) is 78.4 Å². The molecule has 1 nitrogen and oxygen atoms in total. The second-order valence-corrected chi connectivity index (χ2v) is 11.2. The van der Waals surface area contributed by atoms with Crippen molar-refractivity contribution in [3.63, 3.8) is 0 Å². The maximum Gasteiger partial charge on any atom is 0.329 e. The molecule has 1 heterocycles. The monoisotopic (exact) mass is 410 g/mol. The fourth-order valence-corrected chi connectivity index (χ4v) is 4.57.